The Labute approximate surface area is 769 Å². The van der Waals surface area contributed by atoms with E-state index < -0.39 is 61.1 Å². The predicted octanol–water partition coefficient (Wildman–Crippen LogP) is 36.5. The summed E-state index contributed by atoms with van der Waals surface area (Å²) in [5.41, 5.74) is 32.0. The van der Waals surface area contributed by atoms with Crippen molar-refractivity contribution in [1.29, 1.82) is 0 Å². The summed E-state index contributed by atoms with van der Waals surface area (Å²) in [4.78, 5) is 0. The van der Waals surface area contributed by atoms with Crippen LogP contribution < -0.4 is 0 Å². The number of halogens is 6. The molecule has 645 valence electrons. The van der Waals surface area contributed by atoms with Crippen LogP contribution in [0.25, 0.3) is 146 Å². The number of fused-ring (bicyclic) bond motifs is 10. The van der Waals surface area contributed by atoms with Gasteiger partial charge in [0.05, 0.1) is 0 Å². The van der Waals surface area contributed by atoms with Crippen LogP contribution in [0.15, 0.2) is 373 Å². The van der Waals surface area contributed by atoms with Gasteiger partial charge in [-0.05, 0) is 0 Å². The summed E-state index contributed by atoms with van der Waals surface area (Å²) < 4.78 is -16.7. The molecule has 0 N–H and O–H groups in total. The van der Waals surface area contributed by atoms with Gasteiger partial charge >= 0.3 is 779 Å². The van der Waals surface area contributed by atoms with Crippen molar-refractivity contribution in [3.63, 3.8) is 0 Å². The molecule has 0 heterocycles. The average molecular weight is 2100 g/mol. The van der Waals surface area contributed by atoms with Gasteiger partial charge in [-0.2, -0.15) is 0 Å². The third-order valence-electron chi connectivity index (χ3n) is 36.8. The zero-order valence-corrected chi connectivity index (χ0v) is 91.1. The number of rotatable bonds is 17. The topological polar surface area (TPSA) is 0 Å². The monoisotopic (exact) mass is 2090 g/mol. The van der Waals surface area contributed by atoms with Gasteiger partial charge < -0.3 is 0 Å². The molecule has 6 aliphatic rings. The fourth-order valence-corrected chi connectivity index (χ4v) is 1940. The van der Waals surface area contributed by atoms with Crippen molar-refractivity contribution in [2.45, 2.75) is 103 Å². The van der Waals surface area contributed by atoms with Crippen LogP contribution in [0.1, 0.15) is 130 Å². The van der Waals surface area contributed by atoms with Crippen molar-refractivity contribution in [1.82, 2.24) is 0 Å². The molecule has 0 spiro atoms. The van der Waals surface area contributed by atoms with E-state index in [1.807, 2.05) is 0 Å². The summed E-state index contributed by atoms with van der Waals surface area (Å²) in [6.07, 6.45) is 15.3. The van der Waals surface area contributed by atoms with Gasteiger partial charge in [-0.15, -0.1) is 0 Å². The van der Waals surface area contributed by atoms with Gasteiger partial charge in [-0.3, -0.25) is 0 Å². The van der Waals surface area contributed by atoms with Gasteiger partial charge in [0.2, 0.25) is 0 Å². The predicted molar refractivity (Wildman–Crippen MR) is 571 cm³/mol. The molecule has 16 aromatic carbocycles. The van der Waals surface area contributed by atoms with Crippen LogP contribution in [-0.2, 0) is 21.6 Å². The molecule has 0 saturated carbocycles. The second-order valence-corrected chi connectivity index (χ2v) is 373. The molecular formula is C118H107Cl6Si3Zr3. The van der Waals surface area contributed by atoms with Crippen LogP contribution in [0.3, 0.4) is 0 Å². The number of benzene rings is 16. The first-order chi connectivity index (χ1) is 62.3. The summed E-state index contributed by atoms with van der Waals surface area (Å²) in [6, 6.07) is 128. The standard InChI is InChI=1S/4C20H15.2C16H13.3C2H7Si.6ClH.3Zr/c2*1-14-12-16-8-5-11-19(20(16)13-14)18-10-4-7-15-6-2-3-9-17(15)18;2*1-14-11-17-7-4-8-19(20(17)12-14)18-10-9-15-5-2-3-6-16(15)13-18;2*1-12-10-14-8-5-9-15(16(14)11-12)13-6-3-2-4-7-13;3*1-3-2;;;;;;;;;/h4*2-13H,1H3;2*2-11H,1H3;3*3H,1-2H3;6*1H;;;/q;;;;;;;;;;;;;;;3*+2/p-6. The zero-order chi connectivity index (χ0) is 90.2. The minimum atomic E-state index is -10.9. The Kier molecular flexibility index (Phi) is 19.4. The Bertz CT molecular complexity index is 7540. The van der Waals surface area contributed by atoms with Crippen molar-refractivity contribution in [2.75, 3.05) is 0 Å². The average Bonchev–Trinajstić information content (AvgIpc) is 0.837. The van der Waals surface area contributed by atoms with Crippen molar-refractivity contribution >= 4 is 148 Å². The Balaban J connectivity index is 1.09. The van der Waals surface area contributed by atoms with E-state index in [2.05, 4.69) is 457 Å². The van der Waals surface area contributed by atoms with Crippen molar-refractivity contribution < 1.29 is 21.6 Å². The maximum atomic E-state index is 13.8. The molecule has 12 heteroatoms. The van der Waals surface area contributed by atoms with Crippen LogP contribution in [0.5, 0.6) is 0 Å². The van der Waals surface area contributed by atoms with E-state index in [4.69, 9.17) is 0 Å². The summed E-state index contributed by atoms with van der Waals surface area (Å²) in [5, 5.41) is 9.21. The van der Waals surface area contributed by atoms with E-state index in [1.165, 1.54) is 0 Å². The van der Waals surface area contributed by atoms with Gasteiger partial charge in [0.15, 0.2) is 0 Å². The minimum absolute atomic E-state index is 0.908. The van der Waals surface area contributed by atoms with E-state index >= 15 is 0 Å². The summed E-state index contributed by atoms with van der Waals surface area (Å²) in [5.74, 6) is -11.5. The SMILES string of the molecule is CC1=Cc2c(-c3ccccc3)cccc2[CH]1[Zr]([Cl])([Cl])([CH]1C(C)=Cc2c(-c3ccccc3)cccc21)([SiH](C)C)[Zr]([Cl])([Cl])([CH]1C(C)=Cc2c(-c3ccc4ccccc4c3)cccc21)([CH]1C(C)=Cc2c(-c3ccc4ccccc4c3)cccc21)([SiH](C)C)[Zr]([Cl])([Cl])([CH]1C(C)=Cc2c(-c3cccc4ccccc34)cccc21)([CH]1C(C)=Cc2c(-c3cccc4ccccc34)cccc21)[SiH](C)C. The molecule has 0 saturated heterocycles. The van der Waals surface area contributed by atoms with Crippen molar-refractivity contribution in [2.24, 2.45) is 0 Å². The molecule has 0 aliphatic heterocycles. The van der Waals surface area contributed by atoms with E-state index in [9.17, 15) is 51.1 Å². The molecule has 0 fully saturated rings. The van der Waals surface area contributed by atoms with Gasteiger partial charge in [0, 0.05) is 0 Å². The molecule has 22 rings (SSSR count). The third kappa shape index (κ3) is 9.37. The normalized spacial score (nSPS) is 20.0. The Hall–Kier alpha value is -7.96. The molecule has 0 nitrogen and oxygen atoms in total. The van der Waals surface area contributed by atoms with E-state index in [-0.39, 0.29) is 0 Å². The summed E-state index contributed by atoms with van der Waals surface area (Å²) in [7, 11) is 60.5. The first-order valence-electron chi connectivity index (χ1n) is 46.7. The number of allylic oxidation sites excluding steroid dienone is 6. The number of hydrogen-bond acceptors (Lipinski definition) is 0. The van der Waals surface area contributed by atoms with Crippen LogP contribution >= 0.6 is 51.1 Å². The molecule has 6 unspecified atom stereocenters. The first kappa shape index (κ1) is 87.4. The second-order valence-electron chi connectivity index (χ2n) is 41.4. The molecule has 0 radical (unpaired) electrons. The zero-order valence-electron chi connectivity index (χ0n) is 75.8. The van der Waals surface area contributed by atoms with E-state index in [0.717, 1.165) is 210 Å². The van der Waals surface area contributed by atoms with Gasteiger partial charge in [-0.25, -0.2) is 0 Å². The van der Waals surface area contributed by atoms with Crippen LogP contribution in [0, 0.1) is 0 Å². The fraction of sp³-hybridized carbons (Fsp3) is 0.153. The molecule has 0 aromatic heterocycles. The van der Waals surface area contributed by atoms with Gasteiger partial charge in [-0.1, -0.05) is 0 Å². The molecule has 0 bridgehead atoms. The molecule has 6 atom stereocenters. The Morgan fingerprint density at radius 3 is 0.800 bits per heavy atom. The molecular weight excluding hydrogens is 1990 g/mol. The molecule has 16 aromatic rings. The third-order valence-corrected chi connectivity index (χ3v) is 1080. The van der Waals surface area contributed by atoms with Crippen LogP contribution in [0.4, 0.5) is 0 Å². The van der Waals surface area contributed by atoms with Crippen LogP contribution in [-0.4, -0.2) is 17.8 Å². The van der Waals surface area contributed by atoms with Crippen molar-refractivity contribution in [3.05, 3.63) is 440 Å². The van der Waals surface area contributed by atoms with Gasteiger partial charge in [0.25, 0.3) is 0 Å². The molecule has 0 amide bonds. The molecule has 6 aliphatic carbocycles. The maximum absolute atomic E-state index is 13.8. The summed E-state index contributed by atoms with van der Waals surface area (Å²) in [6.45, 7) is 30.4. The second kappa shape index (κ2) is 28.8. The van der Waals surface area contributed by atoms with Gasteiger partial charge in [0.1, 0.15) is 0 Å². The van der Waals surface area contributed by atoms with E-state index in [1.54, 1.807) is 0 Å². The van der Waals surface area contributed by atoms with E-state index in [0.29, 0.717) is 0 Å². The first-order valence-corrected chi connectivity index (χ1v) is 113. The van der Waals surface area contributed by atoms with Crippen molar-refractivity contribution in [3.8, 4) is 66.8 Å². The quantitative estimate of drug-likeness (QED) is 0.0797. The fourth-order valence-electron chi connectivity index (χ4n) is 33.2. The Morgan fingerprint density at radius 2 is 0.469 bits per heavy atom. The number of hydrogen-bond donors (Lipinski definition) is 0. The molecule has 130 heavy (non-hydrogen) atoms. The summed E-state index contributed by atoms with van der Waals surface area (Å²) >= 11 is 0. The Morgan fingerprint density at radius 1 is 0.223 bits per heavy atom. The van der Waals surface area contributed by atoms with Crippen LogP contribution in [0.2, 0.25) is 39.3 Å².